The van der Waals surface area contributed by atoms with Crippen molar-refractivity contribution in [2.75, 3.05) is 14.2 Å². The van der Waals surface area contributed by atoms with Crippen molar-refractivity contribution < 1.29 is 9.53 Å². The molecule has 1 aromatic rings. The van der Waals surface area contributed by atoms with Gasteiger partial charge in [-0.15, -0.1) is 0 Å². The van der Waals surface area contributed by atoms with Gasteiger partial charge in [0.2, 0.25) is 0 Å². The summed E-state index contributed by atoms with van der Waals surface area (Å²) in [7, 11) is 3.11. The average molecular weight is 206 g/mol. The number of hydrogen-bond donors (Lipinski definition) is 0. The van der Waals surface area contributed by atoms with Gasteiger partial charge in [-0.1, -0.05) is 24.3 Å². The minimum absolute atomic E-state index is 0.331. The van der Waals surface area contributed by atoms with Crippen LogP contribution in [0, 0.1) is 0 Å². The average Bonchev–Trinajstić information content (AvgIpc) is 2.70. The predicted octanol–water partition coefficient (Wildman–Crippen LogP) is 1.62. The molecule has 0 unspecified atom stereocenters. The zero-order valence-electron chi connectivity index (χ0n) is 8.93. The van der Waals surface area contributed by atoms with Crippen LogP contribution in [0.5, 0.6) is 0 Å². The van der Waals surface area contributed by atoms with Crippen LogP contribution in [0.15, 0.2) is 24.3 Å². The lowest BCUT2D eigenvalue weighted by atomic mass is 10.1. The molecule has 0 atom stereocenters. The number of hydrogen-bond acceptors (Lipinski definition) is 3. The van der Waals surface area contributed by atoms with Crippen molar-refractivity contribution >= 4 is 6.09 Å². The quantitative estimate of drug-likeness (QED) is 0.700. The standard InChI is InChI=1S/C11H14N2O2/c1-12(11(14)15-2)13-7-9-5-3-4-6-10(9)8-13/h3-6H,7-8H2,1-2H3. The van der Waals surface area contributed by atoms with E-state index >= 15 is 0 Å². The molecule has 1 aromatic carbocycles. The Morgan fingerprint density at radius 2 is 1.87 bits per heavy atom. The maximum Gasteiger partial charge on any atom is 0.423 e. The Morgan fingerprint density at radius 1 is 1.33 bits per heavy atom. The number of rotatable bonds is 1. The molecule has 0 bridgehead atoms. The summed E-state index contributed by atoms with van der Waals surface area (Å²) in [6.07, 6.45) is -0.331. The molecule has 1 aliphatic rings. The summed E-state index contributed by atoms with van der Waals surface area (Å²) < 4.78 is 4.67. The maximum absolute atomic E-state index is 11.3. The number of hydrazine groups is 1. The number of fused-ring (bicyclic) bond motifs is 1. The van der Waals surface area contributed by atoms with E-state index in [0.29, 0.717) is 0 Å². The van der Waals surface area contributed by atoms with Gasteiger partial charge >= 0.3 is 6.09 Å². The van der Waals surface area contributed by atoms with E-state index < -0.39 is 0 Å². The fourth-order valence-electron chi connectivity index (χ4n) is 1.77. The first-order chi connectivity index (χ1) is 7.22. The number of benzene rings is 1. The Bertz CT molecular complexity index is 354. The van der Waals surface area contributed by atoms with E-state index in [-0.39, 0.29) is 6.09 Å². The third-order valence-corrected chi connectivity index (χ3v) is 2.69. The first-order valence-electron chi connectivity index (χ1n) is 4.85. The normalized spacial score (nSPS) is 14.8. The molecular formula is C11H14N2O2. The molecule has 0 spiro atoms. The zero-order valence-corrected chi connectivity index (χ0v) is 8.93. The second-order valence-corrected chi connectivity index (χ2v) is 3.59. The van der Waals surface area contributed by atoms with Gasteiger partial charge in [-0.3, -0.25) is 0 Å². The molecule has 4 heteroatoms. The van der Waals surface area contributed by atoms with Crippen LogP contribution in [0.25, 0.3) is 0 Å². The van der Waals surface area contributed by atoms with Gasteiger partial charge in [0.05, 0.1) is 7.11 Å². The summed E-state index contributed by atoms with van der Waals surface area (Å²) in [6, 6.07) is 8.20. The smallest absolute Gasteiger partial charge is 0.423 e. The molecule has 80 valence electrons. The van der Waals surface area contributed by atoms with Gasteiger partial charge in [0.25, 0.3) is 0 Å². The van der Waals surface area contributed by atoms with Gasteiger partial charge in [-0.2, -0.15) is 0 Å². The van der Waals surface area contributed by atoms with E-state index in [2.05, 4.69) is 16.9 Å². The lowest BCUT2D eigenvalue weighted by Gasteiger charge is -2.25. The molecule has 4 nitrogen and oxygen atoms in total. The fourth-order valence-corrected chi connectivity index (χ4v) is 1.77. The number of carbonyl (C=O) groups is 1. The summed E-state index contributed by atoms with van der Waals surface area (Å²) in [5.41, 5.74) is 2.54. The molecule has 0 fully saturated rings. The second kappa shape index (κ2) is 3.90. The molecule has 0 aromatic heterocycles. The number of nitrogens with zero attached hydrogens (tertiary/aromatic N) is 2. The third kappa shape index (κ3) is 1.80. The number of carbonyl (C=O) groups excluding carboxylic acids is 1. The van der Waals surface area contributed by atoms with E-state index in [1.807, 2.05) is 17.1 Å². The molecule has 2 rings (SSSR count). The minimum atomic E-state index is -0.331. The lowest BCUT2D eigenvalue weighted by molar-refractivity contribution is -0.000628. The first-order valence-corrected chi connectivity index (χ1v) is 4.85. The molecule has 0 saturated heterocycles. The summed E-state index contributed by atoms with van der Waals surface area (Å²) in [4.78, 5) is 11.3. The van der Waals surface area contributed by atoms with Crippen LogP contribution in [0.2, 0.25) is 0 Å². The monoisotopic (exact) mass is 206 g/mol. The summed E-state index contributed by atoms with van der Waals surface area (Å²) in [6.45, 7) is 1.53. The molecule has 0 saturated carbocycles. The van der Waals surface area contributed by atoms with Crippen LogP contribution in [-0.4, -0.2) is 30.3 Å². The highest BCUT2D eigenvalue weighted by Gasteiger charge is 2.24. The van der Waals surface area contributed by atoms with Crippen LogP contribution in [0.3, 0.4) is 0 Å². The van der Waals surface area contributed by atoms with E-state index in [9.17, 15) is 4.79 Å². The zero-order chi connectivity index (χ0) is 10.8. The summed E-state index contributed by atoms with van der Waals surface area (Å²) >= 11 is 0. The van der Waals surface area contributed by atoms with E-state index in [4.69, 9.17) is 0 Å². The van der Waals surface area contributed by atoms with Crippen molar-refractivity contribution in [1.29, 1.82) is 0 Å². The van der Waals surface area contributed by atoms with Crippen LogP contribution >= 0.6 is 0 Å². The van der Waals surface area contributed by atoms with E-state index in [1.54, 1.807) is 7.05 Å². The van der Waals surface area contributed by atoms with E-state index in [0.717, 1.165) is 13.1 Å². The summed E-state index contributed by atoms with van der Waals surface area (Å²) in [5.74, 6) is 0. The van der Waals surface area contributed by atoms with Gasteiger partial charge in [0.1, 0.15) is 0 Å². The van der Waals surface area contributed by atoms with Gasteiger partial charge in [-0.05, 0) is 11.1 Å². The van der Waals surface area contributed by atoms with Crippen molar-refractivity contribution in [2.24, 2.45) is 0 Å². The maximum atomic E-state index is 11.3. The van der Waals surface area contributed by atoms with Crippen LogP contribution in [0.4, 0.5) is 4.79 Å². The van der Waals surface area contributed by atoms with Crippen molar-refractivity contribution in [1.82, 2.24) is 10.0 Å². The van der Waals surface area contributed by atoms with Crippen molar-refractivity contribution in [3.8, 4) is 0 Å². The second-order valence-electron chi connectivity index (χ2n) is 3.59. The highest BCUT2D eigenvalue weighted by atomic mass is 16.5. The highest BCUT2D eigenvalue weighted by molar-refractivity contribution is 5.66. The van der Waals surface area contributed by atoms with Crippen LogP contribution < -0.4 is 0 Å². The first kappa shape index (κ1) is 9.98. The number of methoxy groups -OCH3 is 1. The third-order valence-electron chi connectivity index (χ3n) is 2.69. The highest BCUT2D eigenvalue weighted by Crippen LogP contribution is 2.23. The van der Waals surface area contributed by atoms with Gasteiger partial charge in [-0.25, -0.2) is 14.8 Å². The predicted molar refractivity (Wildman–Crippen MR) is 55.9 cm³/mol. The van der Waals surface area contributed by atoms with Gasteiger partial charge < -0.3 is 4.74 Å². The molecule has 0 N–H and O–H groups in total. The Morgan fingerprint density at radius 3 is 2.33 bits per heavy atom. The molecule has 1 aliphatic heterocycles. The topological polar surface area (TPSA) is 32.8 Å². The molecular weight excluding hydrogens is 192 g/mol. The van der Waals surface area contributed by atoms with Crippen molar-refractivity contribution in [2.45, 2.75) is 13.1 Å². The van der Waals surface area contributed by atoms with Gasteiger partial charge in [0, 0.05) is 20.1 Å². The lowest BCUT2D eigenvalue weighted by Crippen LogP contribution is -2.40. The van der Waals surface area contributed by atoms with Crippen LogP contribution in [0.1, 0.15) is 11.1 Å². The molecule has 1 heterocycles. The summed E-state index contributed by atoms with van der Waals surface area (Å²) in [5, 5.41) is 3.47. The number of ether oxygens (including phenoxy) is 1. The Labute approximate surface area is 89.0 Å². The Hall–Kier alpha value is -1.55. The van der Waals surface area contributed by atoms with Crippen molar-refractivity contribution in [3.63, 3.8) is 0 Å². The Balaban J connectivity index is 2.10. The van der Waals surface area contributed by atoms with Crippen LogP contribution in [-0.2, 0) is 17.8 Å². The molecule has 0 aliphatic carbocycles. The minimum Gasteiger partial charge on any atom is -0.452 e. The number of amides is 1. The molecule has 0 radical (unpaired) electrons. The fraction of sp³-hybridized carbons (Fsp3) is 0.364. The molecule has 1 amide bonds. The molecule has 15 heavy (non-hydrogen) atoms. The SMILES string of the molecule is COC(=O)N(C)N1Cc2ccccc2C1. The van der Waals surface area contributed by atoms with Crippen molar-refractivity contribution in [3.05, 3.63) is 35.4 Å². The largest absolute Gasteiger partial charge is 0.452 e. The van der Waals surface area contributed by atoms with E-state index in [1.165, 1.54) is 23.2 Å². The Kier molecular flexibility index (Phi) is 2.60. The van der Waals surface area contributed by atoms with Gasteiger partial charge in [0.15, 0.2) is 0 Å².